The Kier molecular flexibility index (Phi) is 4.96. The van der Waals surface area contributed by atoms with E-state index in [0.717, 1.165) is 6.42 Å². The predicted octanol–water partition coefficient (Wildman–Crippen LogP) is 2.66. The molecule has 0 saturated heterocycles. The van der Waals surface area contributed by atoms with Gasteiger partial charge in [0.15, 0.2) is 11.6 Å². The maximum absolute atomic E-state index is 13.4. The molecule has 0 saturated carbocycles. The summed E-state index contributed by atoms with van der Waals surface area (Å²) < 4.78 is 13.4. The van der Waals surface area contributed by atoms with Crippen LogP contribution in [0.15, 0.2) is 12.3 Å². The van der Waals surface area contributed by atoms with Crippen LogP contribution in [0.4, 0.5) is 10.2 Å². The Balaban J connectivity index is 2.70. The molecular formula is C11H17ClFN3. The van der Waals surface area contributed by atoms with Crippen molar-refractivity contribution in [2.45, 2.75) is 26.3 Å². The molecular weight excluding hydrogens is 229 g/mol. The van der Waals surface area contributed by atoms with E-state index in [1.54, 1.807) is 0 Å². The molecule has 16 heavy (non-hydrogen) atoms. The number of anilines is 1. The molecule has 1 heterocycles. The Hall–Kier alpha value is -0.870. The summed E-state index contributed by atoms with van der Waals surface area (Å²) in [7, 11) is 0. The molecule has 3 N–H and O–H groups in total. The fourth-order valence-electron chi connectivity index (χ4n) is 1.50. The molecule has 0 aliphatic rings. The fraction of sp³-hybridized carbons (Fsp3) is 0.545. The van der Waals surface area contributed by atoms with Crippen molar-refractivity contribution >= 4 is 17.4 Å². The lowest BCUT2D eigenvalue weighted by Crippen LogP contribution is -2.31. The third kappa shape index (κ3) is 3.94. The van der Waals surface area contributed by atoms with Crippen molar-refractivity contribution in [2.75, 3.05) is 11.9 Å². The van der Waals surface area contributed by atoms with Gasteiger partial charge >= 0.3 is 0 Å². The summed E-state index contributed by atoms with van der Waals surface area (Å²) in [6.07, 6.45) is 2.29. The van der Waals surface area contributed by atoms with Gasteiger partial charge in [0.05, 0.1) is 5.02 Å². The van der Waals surface area contributed by atoms with Gasteiger partial charge in [0.25, 0.3) is 0 Å². The van der Waals surface area contributed by atoms with Crippen LogP contribution in [-0.4, -0.2) is 17.6 Å². The van der Waals surface area contributed by atoms with Crippen LogP contribution in [0.1, 0.15) is 20.3 Å². The Morgan fingerprint density at radius 2 is 2.25 bits per heavy atom. The zero-order chi connectivity index (χ0) is 12.1. The highest BCUT2D eigenvalue weighted by Gasteiger charge is 2.12. The van der Waals surface area contributed by atoms with Crippen LogP contribution < -0.4 is 11.1 Å². The monoisotopic (exact) mass is 245 g/mol. The lowest BCUT2D eigenvalue weighted by Gasteiger charge is -2.19. The minimum atomic E-state index is -0.449. The van der Waals surface area contributed by atoms with Crippen LogP contribution in [0.5, 0.6) is 0 Å². The van der Waals surface area contributed by atoms with Crippen molar-refractivity contribution in [3.63, 3.8) is 0 Å². The molecule has 0 bridgehead atoms. The Morgan fingerprint density at radius 3 is 2.75 bits per heavy atom. The van der Waals surface area contributed by atoms with E-state index in [0.29, 0.717) is 12.5 Å². The number of halogens is 2. The zero-order valence-corrected chi connectivity index (χ0v) is 10.3. The third-order valence-electron chi connectivity index (χ3n) is 2.19. The normalized spacial score (nSPS) is 12.9. The number of nitrogens with two attached hydrogens (primary N) is 1. The Bertz CT molecular complexity index is 344. The average molecular weight is 246 g/mol. The first-order valence-corrected chi connectivity index (χ1v) is 5.68. The number of nitrogens with zero attached hydrogens (tertiary/aromatic N) is 1. The summed E-state index contributed by atoms with van der Waals surface area (Å²) in [4.78, 5) is 3.90. The van der Waals surface area contributed by atoms with E-state index in [1.807, 2.05) is 0 Å². The Morgan fingerprint density at radius 1 is 1.56 bits per heavy atom. The van der Waals surface area contributed by atoms with Crippen molar-refractivity contribution in [3.8, 4) is 0 Å². The van der Waals surface area contributed by atoms with Gasteiger partial charge in [-0.2, -0.15) is 0 Å². The fourth-order valence-corrected chi connectivity index (χ4v) is 1.64. The van der Waals surface area contributed by atoms with E-state index in [2.05, 4.69) is 24.1 Å². The SMILES string of the molecule is CC(C)CC(CN)Nc1ncc(Cl)cc1F. The number of hydrogen-bond donors (Lipinski definition) is 2. The number of nitrogens with one attached hydrogen (secondary N) is 1. The highest BCUT2D eigenvalue weighted by Crippen LogP contribution is 2.17. The molecule has 0 aliphatic carbocycles. The number of aromatic nitrogens is 1. The smallest absolute Gasteiger partial charge is 0.166 e. The number of pyridine rings is 1. The predicted molar refractivity (Wildman–Crippen MR) is 65.1 cm³/mol. The van der Waals surface area contributed by atoms with E-state index in [1.165, 1.54) is 12.3 Å². The molecule has 1 rings (SSSR count). The molecule has 0 fully saturated rings. The van der Waals surface area contributed by atoms with Gasteiger partial charge in [0.2, 0.25) is 0 Å². The maximum Gasteiger partial charge on any atom is 0.166 e. The van der Waals surface area contributed by atoms with Gasteiger partial charge in [-0.15, -0.1) is 0 Å². The lowest BCUT2D eigenvalue weighted by molar-refractivity contribution is 0.517. The molecule has 0 aliphatic heterocycles. The van der Waals surface area contributed by atoms with E-state index in [-0.39, 0.29) is 16.9 Å². The van der Waals surface area contributed by atoms with Gasteiger partial charge in [-0.25, -0.2) is 9.37 Å². The Labute approximate surface area is 100 Å². The summed E-state index contributed by atoms with van der Waals surface area (Å²) >= 11 is 5.62. The van der Waals surface area contributed by atoms with E-state index in [9.17, 15) is 4.39 Å². The average Bonchev–Trinajstić information content (AvgIpc) is 2.20. The van der Waals surface area contributed by atoms with E-state index >= 15 is 0 Å². The second-order valence-electron chi connectivity index (χ2n) is 4.19. The van der Waals surface area contributed by atoms with E-state index < -0.39 is 5.82 Å². The largest absolute Gasteiger partial charge is 0.364 e. The molecule has 0 amide bonds. The molecule has 90 valence electrons. The molecule has 5 heteroatoms. The minimum absolute atomic E-state index is 0.0307. The number of hydrogen-bond acceptors (Lipinski definition) is 3. The van der Waals surface area contributed by atoms with Crippen molar-refractivity contribution < 1.29 is 4.39 Å². The van der Waals surface area contributed by atoms with Crippen molar-refractivity contribution in [1.29, 1.82) is 0 Å². The first-order valence-electron chi connectivity index (χ1n) is 5.30. The standard InChI is InChI=1S/C11H17ClFN3/c1-7(2)3-9(5-14)16-11-10(13)4-8(12)6-15-11/h4,6-7,9H,3,5,14H2,1-2H3,(H,15,16). The molecule has 1 atom stereocenters. The van der Waals surface area contributed by atoms with Gasteiger partial charge in [-0.1, -0.05) is 25.4 Å². The maximum atomic E-state index is 13.4. The lowest BCUT2D eigenvalue weighted by atomic mass is 10.0. The van der Waals surface area contributed by atoms with Gasteiger partial charge in [0.1, 0.15) is 0 Å². The summed E-state index contributed by atoms with van der Waals surface area (Å²) in [5.74, 6) is 0.256. The van der Waals surface area contributed by atoms with Crippen molar-refractivity contribution in [2.24, 2.45) is 11.7 Å². The van der Waals surface area contributed by atoms with Gasteiger partial charge in [-0.05, 0) is 18.4 Å². The molecule has 0 spiro atoms. The molecule has 1 aromatic rings. The van der Waals surface area contributed by atoms with Crippen LogP contribution in [0.2, 0.25) is 5.02 Å². The summed E-state index contributed by atoms with van der Waals surface area (Å²) in [5, 5.41) is 3.27. The first kappa shape index (κ1) is 13.2. The van der Waals surface area contributed by atoms with Crippen molar-refractivity contribution in [3.05, 3.63) is 23.1 Å². The van der Waals surface area contributed by atoms with Crippen molar-refractivity contribution in [1.82, 2.24) is 4.98 Å². The van der Waals surface area contributed by atoms with Crippen LogP contribution in [0, 0.1) is 11.7 Å². The molecule has 0 radical (unpaired) electrons. The van der Waals surface area contributed by atoms with Gasteiger partial charge < -0.3 is 11.1 Å². The van der Waals surface area contributed by atoms with Gasteiger partial charge in [-0.3, -0.25) is 0 Å². The topological polar surface area (TPSA) is 50.9 Å². The molecule has 1 unspecified atom stereocenters. The van der Waals surface area contributed by atoms with Crippen LogP contribution in [0.3, 0.4) is 0 Å². The zero-order valence-electron chi connectivity index (χ0n) is 9.50. The number of rotatable bonds is 5. The highest BCUT2D eigenvalue weighted by atomic mass is 35.5. The molecule has 1 aromatic heterocycles. The van der Waals surface area contributed by atoms with Crippen LogP contribution >= 0.6 is 11.6 Å². The third-order valence-corrected chi connectivity index (χ3v) is 2.40. The van der Waals surface area contributed by atoms with Gasteiger partial charge in [0, 0.05) is 18.8 Å². The molecule has 0 aromatic carbocycles. The minimum Gasteiger partial charge on any atom is -0.364 e. The van der Waals surface area contributed by atoms with Crippen LogP contribution in [-0.2, 0) is 0 Å². The summed E-state index contributed by atoms with van der Waals surface area (Å²) in [6.45, 7) is 4.63. The second kappa shape index (κ2) is 6.01. The quantitative estimate of drug-likeness (QED) is 0.839. The second-order valence-corrected chi connectivity index (χ2v) is 4.63. The van der Waals surface area contributed by atoms with E-state index in [4.69, 9.17) is 17.3 Å². The first-order chi connectivity index (χ1) is 7.52. The summed E-state index contributed by atoms with van der Waals surface area (Å²) in [6, 6.07) is 1.27. The summed E-state index contributed by atoms with van der Waals surface area (Å²) in [5.41, 5.74) is 5.61. The van der Waals surface area contributed by atoms with Crippen LogP contribution in [0.25, 0.3) is 0 Å². The highest BCUT2D eigenvalue weighted by molar-refractivity contribution is 6.30. The molecule has 3 nitrogen and oxygen atoms in total.